The zero-order valence-corrected chi connectivity index (χ0v) is 17.3. The maximum Gasteiger partial charge on any atom is 0.336 e. The zero-order valence-electron chi connectivity index (χ0n) is 17.3. The third kappa shape index (κ3) is 5.91. The van der Waals surface area contributed by atoms with Gasteiger partial charge in [-0.05, 0) is 24.6 Å². The van der Waals surface area contributed by atoms with E-state index in [1.807, 2.05) is 0 Å². The Bertz CT molecular complexity index is 1220. The summed E-state index contributed by atoms with van der Waals surface area (Å²) in [5.74, 6) is -0.723. The molecule has 1 amide bonds. The maximum absolute atomic E-state index is 12.1. The van der Waals surface area contributed by atoms with Crippen LogP contribution in [0.1, 0.15) is 25.3 Å². The Kier molecular flexibility index (Phi) is 7.17. The van der Waals surface area contributed by atoms with Gasteiger partial charge in [0.2, 0.25) is 5.91 Å². The van der Waals surface area contributed by atoms with Crippen molar-refractivity contribution in [1.29, 1.82) is 0 Å². The van der Waals surface area contributed by atoms with Crippen LogP contribution in [0.2, 0.25) is 0 Å². The molecule has 0 radical (unpaired) electrons. The molecule has 0 aliphatic carbocycles. The molecule has 166 valence electrons. The van der Waals surface area contributed by atoms with E-state index in [-0.39, 0.29) is 30.2 Å². The predicted molar refractivity (Wildman–Crippen MR) is 117 cm³/mol. The zero-order chi connectivity index (χ0) is 23.1. The number of para-hydroxylation sites is 2. The molecule has 3 aromatic rings. The summed E-state index contributed by atoms with van der Waals surface area (Å²) in [7, 11) is 0. The SMILES string of the molecule is CC(=O)Nc1ccc2c(COC(=O)CCCNc3ccccc3[N+](=O)[O-])cc(=O)oc2c1. The summed E-state index contributed by atoms with van der Waals surface area (Å²) in [6.07, 6.45) is 0.502. The van der Waals surface area contributed by atoms with Crippen LogP contribution in [0.4, 0.5) is 17.1 Å². The number of nitro groups is 1. The molecule has 0 aliphatic rings. The molecule has 0 saturated carbocycles. The molecule has 0 spiro atoms. The van der Waals surface area contributed by atoms with Gasteiger partial charge >= 0.3 is 11.6 Å². The van der Waals surface area contributed by atoms with Crippen LogP contribution < -0.4 is 16.3 Å². The van der Waals surface area contributed by atoms with Crippen molar-refractivity contribution in [3.8, 4) is 0 Å². The monoisotopic (exact) mass is 439 g/mol. The minimum Gasteiger partial charge on any atom is -0.461 e. The Balaban J connectivity index is 1.55. The minimum atomic E-state index is -0.600. The van der Waals surface area contributed by atoms with Crippen LogP contribution in [-0.4, -0.2) is 23.3 Å². The normalized spacial score (nSPS) is 10.5. The molecular formula is C22H21N3O7. The van der Waals surface area contributed by atoms with E-state index in [4.69, 9.17) is 9.15 Å². The van der Waals surface area contributed by atoms with Gasteiger partial charge in [-0.15, -0.1) is 0 Å². The van der Waals surface area contributed by atoms with Crippen LogP contribution >= 0.6 is 0 Å². The first-order valence-electron chi connectivity index (χ1n) is 9.81. The number of anilines is 2. The van der Waals surface area contributed by atoms with Crippen LogP contribution in [0.25, 0.3) is 11.0 Å². The summed E-state index contributed by atoms with van der Waals surface area (Å²) in [6, 6.07) is 12.4. The molecule has 0 fully saturated rings. The van der Waals surface area contributed by atoms with E-state index < -0.39 is 16.5 Å². The van der Waals surface area contributed by atoms with Crippen LogP contribution in [0.15, 0.2) is 57.7 Å². The van der Waals surface area contributed by atoms with E-state index in [2.05, 4.69) is 10.6 Å². The lowest BCUT2D eigenvalue weighted by atomic mass is 10.1. The molecule has 10 heteroatoms. The molecule has 0 bridgehead atoms. The Labute approximate surface area is 182 Å². The summed E-state index contributed by atoms with van der Waals surface area (Å²) >= 11 is 0. The minimum absolute atomic E-state index is 0.0356. The van der Waals surface area contributed by atoms with Crippen molar-refractivity contribution in [2.24, 2.45) is 0 Å². The van der Waals surface area contributed by atoms with Crippen LogP contribution in [0, 0.1) is 10.1 Å². The Morgan fingerprint density at radius 3 is 2.69 bits per heavy atom. The number of hydrogen-bond donors (Lipinski definition) is 2. The van der Waals surface area contributed by atoms with Gasteiger partial charge in [0.25, 0.3) is 5.69 Å². The van der Waals surface area contributed by atoms with Crippen molar-refractivity contribution in [2.45, 2.75) is 26.4 Å². The van der Waals surface area contributed by atoms with Crippen molar-refractivity contribution >= 4 is 39.9 Å². The fourth-order valence-corrected chi connectivity index (χ4v) is 3.10. The Morgan fingerprint density at radius 2 is 1.94 bits per heavy atom. The van der Waals surface area contributed by atoms with Crippen LogP contribution in [0.3, 0.4) is 0 Å². The molecule has 10 nitrogen and oxygen atoms in total. The average Bonchev–Trinajstić information content (AvgIpc) is 2.74. The highest BCUT2D eigenvalue weighted by molar-refractivity contribution is 5.92. The number of nitrogens with one attached hydrogen (secondary N) is 2. The largest absolute Gasteiger partial charge is 0.461 e. The molecule has 32 heavy (non-hydrogen) atoms. The van der Waals surface area contributed by atoms with Gasteiger partial charge in [-0.1, -0.05) is 12.1 Å². The number of carbonyl (C=O) groups excluding carboxylic acids is 2. The molecule has 0 aliphatic heterocycles. The van der Waals surface area contributed by atoms with Crippen molar-refractivity contribution in [1.82, 2.24) is 0 Å². The van der Waals surface area contributed by atoms with Gasteiger partial charge in [0.15, 0.2) is 0 Å². The van der Waals surface area contributed by atoms with E-state index in [0.29, 0.717) is 35.3 Å². The van der Waals surface area contributed by atoms with E-state index in [1.54, 1.807) is 30.3 Å². The van der Waals surface area contributed by atoms with Crippen molar-refractivity contribution in [2.75, 3.05) is 17.2 Å². The van der Waals surface area contributed by atoms with E-state index in [1.165, 1.54) is 25.1 Å². The first kappa shape index (κ1) is 22.5. The second-order valence-electron chi connectivity index (χ2n) is 6.95. The molecule has 0 unspecified atom stereocenters. The van der Waals surface area contributed by atoms with Crippen molar-refractivity contribution in [3.05, 3.63) is 74.6 Å². The molecule has 2 aromatic carbocycles. The van der Waals surface area contributed by atoms with Crippen LogP contribution in [-0.2, 0) is 20.9 Å². The fraction of sp³-hybridized carbons (Fsp3) is 0.227. The standard InChI is InChI=1S/C22H21N3O7/c1-14(26)24-16-8-9-17-15(11-22(28)32-20(17)12-16)13-31-21(27)7-4-10-23-18-5-2-3-6-19(18)25(29)30/h2-3,5-6,8-9,11-12,23H,4,7,10,13H2,1H3,(H,24,26). The molecule has 1 aromatic heterocycles. The molecular weight excluding hydrogens is 418 g/mol. The van der Waals surface area contributed by atoms with E-state index >= 15 is 0 Å². The maximum atomic E-state index is 12.1. The molecule has 2 N–H and O–H groups in total. The highest BCUT2D eigenvalue weighted by Crippen LogP contribution is 2.24. The van der Waals surface area contributed by atoms with E-state index in [0.717, 1.165) is 0 Å². The summed E-state index contributed by atoms with van der Waals surface area (Å²) in [5.41, 5.74) is 0.976. The van der Waals surface area contributed by atoms with Gasteiger partial charge in [-0.3, -0.25) is 19.7 Å². The summed E-state index contributed by atoms with van der Waals surface area (Å²) in [5, 5.41) is 17.1. The van der Waals surface area contributed by atoms with Gasteiger partial charge in [-0.2, -0.15) is 0 Å². The Morgan fingerprint density at radius 1 is 1.16 bits per heavy atom. The van der Waals surface area contributed by atoms with Gasteiger partial charge < -0.3 is 19.8 Å². The fourth-order valence-electron chi connectivity index (χ4n) is 3.10. The summed E-state index contributed by atoms with van der Waals surface area (Å²) in [4.78, 5) is 45.7. The highest BCUT2D eigenvalue weighted by Gasteiger charge is 2.13. The molecule has 0 saturated heterocycles. The molecule has 0 atom stereocenters. The lowest BCUT2D eigenvalue weighted by molar-refractivity contribution is -0.384. The van der Waals surface area contributed by atoms with Gasteiger partial charge in [-0.25, -0.2) is 4.79 Å². The molecule has 3 rings (SSSR count). The number of ether oxygens (including phenoxy) is 1. The smallest absolute Gasteiger partial charge is 0.336 e. The third-order valence-electron chi connectivity index (χ3n) is 4.51. The number of hydrogen-bond acceptors (Lipinski definition) is 8. The van der Waals surface area contributed by atoms with Crippen LogP contribution in [0.5, 0.6) is 0 Å². The van der Waals surface area contributed by atoms with E-state index in [9.17, 15) is 24.5 Å². The number of nitro benzene ring substituents is 1. The lowest BCUT2D eigenvalue weighted by Crippen LogP contribution is -2.10. The number of fused-ring (bicyclic) bond motifs is 1. The second-order valence-corrected chi connectivity index (χ2v) is 6.95. The second kappa shape index (κ2) is 10.2. The predicted octanol–water partition coefficient (Wildman–Crippen LogP) is 3.60. The summed E-state index contributed by atoms with van der Waals surface area (Å²) in [6.45, 7) is 1.61. The van der Waals surface area contributed by atoms with Gasteiger partial charge in [0.1, 0.15) is 17.9 Å². The lowest BCUT2D eigenvalue weighted by Gasteiger charge is -2.09. The highest BCUT2D eigenvalue weighted by atomic mass is 16.6. The topological polar surface area (TPSA) is 141 Å². The van der Waals surface area contributed by atoms with Gasteiger partial charge in [0, 0.05) is 54.7 Å². The van der Waals surface area contributed by atoms with Gasteiger partial charge in [0.05, 0.1) is 4.92 Å². The number of esters is 1. The first-order chi connectivity index (χ1) is 15.3. The number of carbonyl (C=O) groups is 2. The summed E-state index contributed by atoms with van der Waals surface area (Å²) < 4.78 is 10.5. The first-order valence-corrected chi connectivity index (χ1v) is 9.81. The van der Waals surface area contributed by atoms with Crippen molar-refractivity contribution < 1.29 is 23.7 Å². The average molecular weight is 439 g/mol. The number of rotatable bonds is 9. The molecule has 1 heterocycles. The number of benzene rings is 2. The third-order valence-corrected chi connectivity index (χ3v) is 4.51. The van der Waals surface area contributed by atoms with Crippen molar-refractivity contribution in [3.63, 3.8) is 0 Å². The number of amides is 1. The Hall–Kier alpha value is -4.21. The quantitative estimate of drug-likeness (QED) is 0.169. The number of nitrogens with zero attached hydrogens (tertiary/aromatic N) is 1.